The smallest absolute Gasteiger partial charge is 0.335 e. The van der Waals surface area contributed by atoms with E-state index in [1.165, 1.54) is 23.9 Å². The summed E-state index contributed by atoms with van der Waals surface area (Å²) in [4.78, 5) is 11.5. The molecule has 0 unspecified atom stereocenters. The first kappa shape index (κ1) is 10.7. The number of aromatic carboxylic acids is 1. The molecule has 0 bridgehead atoms. The maximum atomic E-state index is 10.6. The molecule has 0 radical (unpaired) electrons. The van der Waals surface area contributed by atoms with E-state index in [2.05, 4.69) is 10.2 Å². The summed E-state index contributed by atoms with van der Waals surface area (Å²) in [5.74, 6) is -0.435. The van der Waals surface area contributed by atoms with Crippen LogP contribution in [-0.2, 0) is 0 Å². The van der Waals surface area contributed by atoms with Gasteiger partial charge in [-0.2, -0.15) is 0 Å². The zero-order valence-corrected chi connectivity index (χ0v) is 9.19. The topological polar surface area (TPSA) is 76.2 Å². The summed E-state index contributed by atoms with van der Waals surface area (Å²) < 4.78 is 5.19. The zero-order valence-electron chi connectivity index (χ0n) is 8.38. The Balaban J connectivity index is 2.14. The lowest BCUT2D eigenvalue weighted by atomic mass is 10.2. The molecule has 2 aromatic rings. The van der Waals surface area contributed by atoms with Crippen molar-refractivity contribution in [3.63, 3.8) is 0 Å². The second-order valence-corrected chi connectivity index (χ2v) is 4.04. The molecule has 2 rings (SSSR count). The van der Waals surface area contributed by atoms with Crippen LogP contribution in [0.2, 0.25) is 0 Å². The molecule has 0 atom stereocenters. The van der Waals surface area contributed by atoms with Crippen LogP contribution in [0, 0.1) is 6.92 Å². The number of aryl methyl sites for hydroxylation is 1. The minimum Gasteiger partial charge on any atom is -0.478 e. The van der Waals surface area contributed by atoms with Crippen molar-refractivity contribution in [1.29, 1.82) is 0 Å². The van der Waals surface area contributed by atoms with Crippen LogP contribution in [0.15, 0.2) is 38.8 Å². The fraction of sp³-hybridized carbons (Fsp3) is 0.100. The van der Waals surface area contributed by atoms with Crippen molar-refractivity contribution in [2.75, 3.05) is 0 Å². The highest BCUT2D eigenvalue weighted by molar-refractivity contribution is 7.99. The number of hydrogen-bond acceptors (Lipinski definition) is 5. The number of hydrogen-bond donors (Lipinski definition) is 1. The van der Waals surface area contributed by atoms with E-state index in [1.807, 2.05) is 0 Å². The van der Waals surface area contributed by atoms with Crippen molar-refractivity contribution in [2.45, 2.75) is 17.0 Å². The molecule has 5 nitrogen and oxygen atoms in total. The number of carboxylic acids is 1. The number of benzene rings is 1. The Bertz CT molecular complexity index is 507. The van der Waals surface area contributed by atoms with E-state index in [0.717, 1.165) is 4.90 Å². The molecular weight excluding hydrogens is 228 g/mol. The number of carbonyl (C=O) groups is 1. The van der Waals surface area contributed by atoms with Gasteiger partial charge in [-0.25, -0.2) is 4.79 Å². The van der Waals surface area contributed by atoms with E-state index in [-0.39, 0.29) is 5.56 Å². The van der Waals surface area contributed by atoms with Crippen molar-refractivity contribution in [2.24, 2.45) is 0 Å². The first-order valence-electron chi connectivity index (χ1n) is 4.46. The Labute approximate surface area is 95.5 Å². The molecule has 0 amide bonds. The van der Waals surface area contributed by atoms with Gasteiger partial charge in [-0.1, -0.05) is 0 Å². The van der Waals surface area contributed by atoms with E-state index in [4.69, 9.17) is 9.52 Å². The van der Waals surface area contributed by atoms with Crippen LogP contribution in [0.5, 0.6) is 0 Å². The van der Waals surface area contributed by atoms with Gasteiger partial charge in [0.25, 0.3) is 5.22 Å². The third-order valence-corrected chi connectivity index (χ3v) is 2.66. The van der Waals surface area contributed by atoms with Gasteiger partial charge < -0.3 is 9.52 Å². The number of nitrogens with zero attached hydrogens (tertiary/aromatic N) is 2. The lowest BCUT2D eigenvalue weighted by Crippen LogP contribution is -1.94. The van der Waals surface area contributed by atoms with Crippen molar-refractivity contribution in [3.8, 4) is 0 Å². The quantitative estimate of drug-likeness (QED) is 0.880. The first-order valence-corrected chi connectivity index (χ1v) is 5.28. The number of carboxylic acid groups (broad SMARTS) is 1. The van der Waals surface area contributed by atoms with Crippen LogP contribution in [0.3, 0.4) is 0 Å². The summed E-state index contributed by atoms with van der Waals surface area (Å²) in [5, 5.41) is 16.7. The summed E-state index contributed by atoms with van der Waals surface area (Å²) in [6, 6.07) is 6.48. The molecule has 6 heteroatoms. The summed E-state index contributed by atoms with van der Waals surface area (Å²) in [6.07, 6.45) is 0. The molecule has 1 aromatic heterocycles. The predicted molar refractivity (Wildman–Crippen MR) is 56.6 cm³/mol. The highest BCUT2D eigenvalue weighted by Gasteiger charge is 2.06. The second-order valence-electron chi connectivity index (χ2n) is 3.02. The molecule has 82 valence electrons. The Kier molecular flexibility index (Phi) is 2.91. The second kappa shape index (κ2) is 4.36. The van der Waals surface area contributed by atoms with Gasteiger partial charge in [-0.05, 0) is 36.0 Å². The maximum Gasteiger partial charge on any atom is 0.335 e. The molecule has 0 aliphatic rings. The van der Waals surface area contributed by atoms with Crippen molar-refractivity contribution in [3.05, 3.63) is 35.7 Å². The van der Waals surface area contributed by atoms with E-state index in [0.29, 0.717) is 11.1 Å². The number of aromatic nitrogens is 2. The van der Waals surface area contributed by atoms with Crippen LogP contribution in [0.4, 0.5) is 0 Å². The SMILES string of the molecule is Cc1nnc(Sc2ccc(C(=O)O)cc2)o1. The van der Waals surface area contributed by atoms with Crippen molar-refractivity contribution in [1.82, 2.24) is 10.2 Å². The molecule has 0 saturated heterocycles. The summed E-state index contributed by atoms with van der Waals surface area (Å²) in [6.45, 7) is 1.71. The summed E-state index contributed by atoms with van der Waals surface area (Å²) in [5.41, 5.74) is 0.256. The van der Waals surface area contributed by atoms with Gasteiger partial charge in [0, 0.05) is 11.8 Å². The van der Waals surface area contributed by atoms with Crippen LogP contribution in [0.25, 0.3) is 0 Å². The minimum atomic E-state index is -0.940. The molecule has 1 heterocycles. The fourth-order valence-corrected chi connectivity index (χ4v) is 1.80. The third kappa shape index (κ3) is 2.40. The average molecular weight is 236 g/mol. The largest absolute Gasteiger partial charge is 0.478 e. The average Bonchev–Trinajstić information content (AvgIpc) is 2.65. The van der Waals surface area contributed by atoms with Crippen LogP contribution >= 0.6 is 11.8 Å². The standard InChI is InChI=1S/C10H8N2O3S/c1-6-11-12-10(15-6)16-8-4-2-7(3-5-8)9(13)14/h2-5H,1H3,(H,13,14). The first-order chi connectivity index (χ1) is 7.65. The van der Waals surface area contributed by atoms with Gasteiger partial charge in [0.2, 0.25) is 5.89 Å². The van der Waals surface area contributed by atoms with E-state index in [1.54, 1.807) is 19.1 Å². The predicted octanol–water partition coefficient (Wildman–Crippen LogP) is 2.23. The van der Waals surface area contributed by atoms with Crippen LogP contribution < -0.4 is 0 Å². The molecule has 1 aromatic carbocycles. The maximum absolute atomic E-state index is 10.6. The van der Waals surface area contributed by atoms with Crippen molar-refractivity contribution < 1.29 is 14.3 Å². The monoisotopic (exact) mass is 236 g/mol. The minimum absolute atomic E-state index is 0.256. The van der Waals surface area contributed by atoms with Gasteiger partial charge in [0.1, 0.15) is 0 Å². The Hall–Kier alpha value is -1.82. The molecule has 0 fully saturated rings. The Morgan fingerprint density at radius 2 is 2.00 bits per heavy atom. The molecule has 0 spiro atoms. The van der Waals surface area contributed by atoms with E-state index in [9.17, 15) is 4.79 Å². The molecule has 0 aliphatic carbocycles. The normalized spacial score (nSPS) is 10.3. The van der Waals surface area contributed by atoms with Gasteiger partial charge in [0.15, 0.2) is 0 Å². The summed E-state index contributed by atoms with van der Waals surface area (Å²) in [7, 11) is 0. The van der Waals surface area contributed by atoms with Crippen LogP contribution in [-0.4, -0.2) is 21.3 Å². The molecular formula is C10H8N2O3S. The number of rotatable bonds is 3. The molecule has 16 heavy (non-hydrogen) atoms. The summed E-state index contributed by atoms with van der Waals surface area (Å²) >= 11 is 1.30. The third-order valence-electron chi connectivity index (χ3n) is 1.81. The molecule has 1 N–H and O–H groups in total. The lowest BCUT2D eigenvalue weighted by Gasteiger charge is -1.97. The Morgan fingerprint density at radius 3 is 2.50 bits per heavy atom. The Morgan fingerprint density at radius 1 is 1.31 bits per heavy atom. The molecule has 0 aliphatic heterocycles. The van der Waals surface area contributed by atoms with Crippen molar-refractivity contribution >= 4 is 17.7 Å². The van der Waals surface area contributed by atoms with Crippen LogP contribution in [0.1, 0.15) is 16.2 Å². The van der Waals surface area contributed by atoms with Gasteiger partial charge in [-0.3, -0.25) is 0 Å². The van der Waals surface area contributed by atoms with Gasteiger partial charge in [0.05, 0.1) is 5.56 Å². The van der Waals surface area contributed by atoms with E-state index < -0.39 is 5.97 Å². The van der Waals surface area contributed by atoms with Gasteiger partial charge >= 0.3 is 5.97 Å². The fourth-order valence-electron chi connectivity index (χ4n) is 1.09. The van der Waals surface area contributed by atoms with Gasteiger partial charge in [-0.15, -0.1) is 10.2 Å². The lowest BCUT2D eigenvalue weighted by molar-refractivity contribution is 0.0697. The zero-order chi connectivity index (χ0) is 11.5. The van der Waals surface area contributed by atoms with E-state index >= 15 is 0 Å². The highest BCUT2D eigenvalue weighted by Crippen LogP contribution is 2.26. The highest BCUT2D eigenvalue weighted by atomic mass is 32.2. The molecule has 0 saturated carbocycles.